The molecule has 104 valence electrons. The van der Waals surface area contributed by atoms with Gasteiger partial charge in [0.25, 0.3) is 0 Å². The summed E-state index contributed by atoms with van der Waals surface area (Å²) < 4.78 is 5.38. The van der Waals surface area contributed by atoms with Crippen LogP contribution in [0.5, 0.6) is 0 Å². The maximum absolute atomic E-state index is 12.1. The van der Waals surface area contributed by atoms with E-state index >= 15 is 0 Å². The molecule has 1 saturated carbocycles. The third-order valence-corrected chi connectivity index (χ3v) is 3.72. The molecule has 1 amide bonds. The van der Waals surface area contributed by atoms with E-state index in [4.69, 9.17) is 4.74 Å². The van der Waals surface area contributed by atoms with Gasteiger partial charge in [0.2, 0.25) is 0 Å². The van der Waals surface area contributed by atoms with Gasteiger partial charge in [0.1, 0.15) is 6.61 Å². The van der Waals surface area contributed by atoms with E-state index in [9.17, 15) is 4.79 Å². The van der Waals surface area contributed by atoms with Crippen LogP contribution in [-0.2, 0) is 11.3 Å². The number of rotatable bonds is 2. The average Bonchev–Trinajstić information content (AvgIpc) is 3.20. The van der Waals surface area contributed by atoms with Gasteiger partial charge in [-0.1, -0.05) is 42.2 Å². The minimum atomic E-state index is -0.235. The Kier molecular flexibility index (Phi) is 3.92. The van der Waals surface area contributed by atoms with Gasteiger partial charge in [0.15, 0.2) is 0 Å². The smallest absolute Gasteiger partial charge is 0.411 e. The Morgan fingerprint density at radius 3 is 2.75 bits per heavy atom. The average molecular weight is 269 g/mol. The van der Waals surface area contributed by atoms with Crippen LogP contribution in [0.3, 0.4) is 0 Å². The summed E-state index contributed by atoms with van der Waals surface area (Å²) in [6, 6.07) is 9.82. The number of benzene rings is 1. The third kappa shape index (κ3) is 3.33. The highest BCUT2D eigenvalue weighted by molar-refractivity contribution is 5.69. The Morgan fingerprint density at radius 2 is 2.00 bits per heavy atom. The van der Waals surface area contributed by atoms with Crippen LogP contribution in [0.2, 0.25) is 0 Å². The van der Waals surface area contributed by atoms with Crippen LogP contribution < -0.4 is 0 Å². The van der Waals surface area contributed by atoms with Crippen LogP contribution in [0.1, 0.15) is 31.2 Å². The molecule has 3 rings (SSSR count). The molecule has 0 bridgehead atoms. The molecule has 1 saturated heterocycles. The lowest BCUT2D eigenvalue weighted by Gasteiger charge is -2.20. The molecule has 2 fully saturated rings. The molecule has 20 heavy (non-hydrogen) atoms. The summed E-state index contributed by atoms with van der Waals surface area (Å²) in [5.74, 6) is 7.09. The van der Waals surface area contributed by atoms with Crippen molar-refractivity contribution in [1.82, 2.24) is 4.90 Å². The van der Waals surface area contributed by atoms with Crippen LogP contribution in [0, 0.1) is 17.8 Å². The molecule has 1 heterocycles. The second kappa shape index (κ2) is 6.00. The van der Waals surface area contributed by atoms with E-state index < -0.39 is 0 Å². The quantitative estimate of drug-likeness (QED) is 0.772. The van der Waals surface area contributed by atoms with Crippen molar-refractivity contribution in [3.8, 4) is 11.8 Å². The van der Waals surface area contributed by atoms with E-state index in [1.165, 1.54) is 12.8 Å². The molecule has 0 N–H and O–H groups in total. The van der Waals surface area contributed by atoms with Crippen molar-refractivity contribution in [3.05, 3.63) is 35.9 Å². The monoisotopic (exact) mass is 269 g/mol. The van der Waals surface area contributed by atoms with Crippen LogP contribution in [0.15, 0.2) is 30.3 Å². The van der Waals surface area contributed by atoms with E-state index in [0.717, 1.165) is 24.9 Å². The predicted molar refractivity (Wildman–Crippen MR) is 76.9 cm³/mol. The Labute approximate surface area is 119 Å². The lowest BCUT2D eigenvalue weighted by molar-refractivity contribution is 0.0984. The zero-order valence-electron chi connectivity index (χ0n) is 11.5. The van der Waals surface area contributed by atoms with Crippen LogP contribution in [0.4, 0.5) is 4.79 Å². The fourth-order valence-electron chi connectivity index (χ4n) is 2.38. The normalized spacial score (nSPS) is 21.2. The van der Waals surface area contributed by atoms with Gasteiger partial charge in [0, 0.05) is 12.5 Å². The molecule has 0 aromatic heterocycles. The number of hydrogen-bond acceptors (Lipinski definition) is 2. The minimum absolute atomic E-state index is 0.0545. The highest BCUT2D eigenvalue weighted by atomic mass is 16.6. The maximum Gasteiger partial charge on any atom is 0.411 e. The van der Waals surface area contributed by atoms with E-state index in [1.807, 2.05) is 30.3 Å². The van der Waals surface area contributed by atoms with Gasteiger partial charge >= 0.3 is 6.09 Å². The Balaban J connectivity index is 1.54. The summed E-state index contributed by atoms with van der Waals surface area (Å²) in [6.07, 6.45) is 4.20. The van der Waals surface area contributed by atoms with E-state index in [1.54, 1.807) is 4.90 Å². The van der Waals surface area contributed by atoms with Crippen LogP contribution in [0.25, 0.3) is 0 Å². The number of amides is 1. The van der Waals surface area contributed by atoms with Gasteiger partial charge in [-0.25, -0.2) is 4.79 Å². The third-order valence-electron chi connectivity index (χ3n) is 3.72. The summed E-state index contributed by atoms with van der Waals surface area (Å²) in [5, 5.41) is 0. The standard InChI is InChI=1S/C17H19NO2/c19-17(20-13-15-5-2-1-3-6-15)18-12-4-7-16(18)11-10-14-8-9-14/h1-3,5-6,14,16H,4,7-9,12-13H2/t16-/m0/s1. The lowest BCUT2D eigenvalue weighted by Crippen LogP contribution is -2.35. The number of nitrogens with zero attached hydrogens (tertiary/aromatic N) is 1. The molecule has 1 atom stereocenters. The first-order valence-electron chi connectivity index (χ1n) is 7.31. The molecule has 0 radical (unpaired) electrons. The molecule has 3 heteroatoms. The molecule has 0 spiro atoms. The number of hydrogen-bond donors (Lipinski definition) is 0. The molecule has 0 unspecified atom stereocenters. The fraction of sp³-hybridized carbons (Fsp3) is 0.471. The van der Waals surface area contributed by atoms with E-state index in [-0.39, 0.29) is 12.1 Å². The maximum atomic E-state index is 12.1. The van der Waals surface area contributed by atoms with Crippen molar-refractivity contribution in [2.75, 3.05) is 6.54 Å². The molecule has 1 aliphatic carbocycles. The number of ether oxygens (including phenoxy) is 1. The Hall–Kier alpha value is -1.95. The zero-order chi connectivity index (χ0) is 13.8. The van der Waals surface area contributed by atoms with Crippen LogP contribution in [-0.4, -0.2) is 23.6 Å². The molecule has 1 aromatic carbocycles. The molecule has 3 nitrogen and oxygen atoms in total. The van der Waals surface area contributed by atoms with Crippen molar-refractivity contribution >= 4 is 6.09 Å². The summed E-state index contributed by atoms with van der Waals surface area (Å²) in [6.45, 7) is 1.09. The Morgan fingerprint density at radius 1 is 1.20 bits per heavy atom. The second-order valence-corrected chi connectivity index (χ2v) is 5.45. The first-order chi connectivity index (χ1) is 9.83. The first kappa shape index (κ1) is 13.1. The van der Waals surface area contributed by atoms with Gasteiger partial charge in [-0.2, -0.15) is 0 Å². The van der Waals surface area contributed by atoms with Crippen LogP contribution >= 0.6 is 0 Å². The topological polar surface area (TPSA) is 29.5 Å². The Bertz CT molecular complexity index is 525. The molecular formula is C17H19NO2. The van der Waals surface area contributed by atoms with Gasteiger partial charge in [-0.3, -0.25) is 4.90 Å². The van der Waals surface area contributed by atoms with Crippen molar-refractivity contribution in [3.63, 3.8) is 0 Å². The van der Waals surface area contributed by atoms with Crippen molar-refractivity contribution in [2.24, 2.45) is 5.92 Å². The zero-order valence-corrected chi connectivity index (χ0v) is 11.5. The second-order valence-electron chi connectivity index (χ2n) is 5.45. The first-order valence-corrected chi connectivity index (χ1v) is 7.31. The minimum Gasteiger partial charge on any atom is -0.445 e. The fourth-order valence-corrected chi connectivity index (χ4v) is 2.38. The largest absolute Gasteiger partial charge is 0.445 e. The summed E-state index contributed by atoms with van der Waals surface area (Å²) in [7, 11) is 0. The summed E-state index contributed by atoms with van der Waals surface area (Å²) in [5.41, 5.74) is 1.01. The summed E-state index contributed by atoms with van der Waals surface area (Å²) in [4.78, 5) is 13.9. The lowest BCUT2D eigenvalue weighted by atomic mass is 10.2. The number of likely N-dealkylation sites (tertiary alicyclic amines) is 1. The van der Waals surface area contributed by atoms with Crippen molar-refractivity contribution in [1.29, 1.82) is 0 Å². The number of carbonyl (C=O) groups excluding carboxylic acids is 1. The SMILES string of the molecule is O=C(OCc1ccccc1)N1CCC[C@H]1C#CC1CC1. The molecule has 2 aliphatic rings. The highest BCUT2D eigenvalue weighted by Crippen LogP contribution is 2.28. The van der Waals surface area contributed by atoms with Gasteiger partial charge in [-0.15, -0.1) is 0 Å². The van der Waals surface area contributed by atoms with Gasteiger partial charge < -0.3 is 4.74 Å². The van der Waals surface area contributed by atoms with Gasteiger partial charge in [0.05, 0.1) is 6.04 Å². The highest BCUT2D eigenvalue weighted by Gasteiger charge is 2.29. The molecule has 1 aliphatic heterocycles. The molecular weight excluding hydrogens is 250 g/mol. The van der Waals surface area contributed by atoms with Gasteiger partial charge in [-0.05, 0) is 31.2 Å². The van der Waals surface area contributed by atoms with Crippen molar-refractivity contribution in [2.45, 2.75) is 38.3 Å². The van der Waals surface area contributed by atoms with E-state index in [2.05, 4.69) is 11.8 Å². The van der Waals surface area contributed by atoms with Crippen molar-refractivity contribution < 1.29 is 9.53 Å². The van der Waals surface area contributed by atoms with E-state index in [0.29, 0.717) is 12.5 Å². The molecule has 1 aromatic rings. The predicted octanol–water partition coefficient (Wildman–Crippen LogP) is 3.20. The number of carbonyl (C=O) groups is 1. The summed E-state index contributed by atoms with van der Waals surface area (Å²) >= 11 is 0.